The fraction of sp³-hybridized carbons (Fsp3) is 0.167. The molecule has 1 unspecified atom stereocenters. The summed E-state index contributed by atoms with van der Waals surface area (Å²) >= 11 is 0. The van der Waals surface area contributed by atoms with Crippen LogP contribution in [0, 0.1) is 0 Å². The molecule has 2 aromatic carbocycles. The number of amides is 1. The highest BCUT2D eigenvalue weighted by Crippen LogP contribution is 2.19. The van der Waals surface area contributed by atoms with Gasteiger partial charge in [-0.25, -0.2) is 5.06 Å². The van der Waals surface area contributed by atoms with Gasteiger partial charge in [0.1, 0.15) is 0 Å². The van der Waals surface area contributed by atoms with Crippen molar-refractivity contribution in [1.82, 2.24) is 5.06 Å². The minimum atomic E-state index is -0.369. The Kier molecular flexibility index (Phi) is 4.90. The summed E-state index contributed by atoms with van der Waals surface area (Å²) in [5, 5.41) is 10.2. The fourth-order valence-electron chi connectivity index (χ4n) is 2.04. The average Bonchev–Trinajstić information content (AvgIpc) is 2.53. The van der Waals surface area contributed by atoms with Crippen molar-refractivity contribution in [3.63, 3.8) is 0 Å². The van der Waals surface area contributed by atoms with E-state index in [4.69, 9.17) is 0 Å². The van der Waals surface area contributed by atoms with Gasteiger partial charge in [-0.15, -0.1) is 0 Å². The summed E-state index contributed by atoms with van der Waals surface area (Å²) in [4.78, 5) is 11.0. The van der Waals surface area contributed by atoms with E-state index < -0.39 is 0 Å². The first-order valence-electron chi connectivity index (χ1n) is 6.90. The molecule has 0 aliphatic rings. The summed E-state index contributed by atoms with van der Waals surface area (Å²) in [5.41, 5.74) is 3.37. The lowest BCUT2D eigenvalue weighted by Gasteiger charge is -2.17. The van der Waals surface area contributed by atoms with Gasteiger partial charge in [0.05, 0.1) is 6.04 Å². The topological polar surface area (TPSA) is 40.5 Å². The molecular weight excluding hydrogens is 262 g/mol. The SMILES string of the molecule is CC(=O)N(O)C(C)/C=C/c1ccc(-c2ccccc2)cc1. The second-order valence-corrected chi connectivity index (χ2v) is 4.95. The Bertz CT molecular complexity index is 617. The molecule has 0 saturated carbocycles. The lowest BCUT2D eigenvalue weighted by molar-refractivity contribution is -0.167. The average molecular weight is 281 g/mol. The van der Waals surface area contributed by atoms with Gasteiger partial charge in [0.2, 0.25) is 5.91 Å². The molecule has 0 spiro atoms. The number of hydrogen-bond donors (Lipinski definition) is 1. The lowest BCUT2D eigenvalue weighted by atomic mass is 10.0. The third kappa shape index (κ3) is 4.04. The zero-order valence-corrected chi connectivity index (χ0v) is 12.2. The zero-order chi connectivity index (χ0) is 15.2. The van der Waals surface area contributed by atoms with Crippen molar-refractivity contribution in [2.24, 2.45) is 0 Å². The first-order valence-corrected chi connectivity index (χ1v) is 6.90. The molecule has 0 aliphatic heterocycles. The number of hydroxylamine groups is 2. The van der Waals surface area contributed by atoms with Crippen LogP contribution < -0.4 is 0 Å². The largest absolute Gasteiger partial charge is 0.285 e. The monoisotopic (exact) mass is 281 g/mol. The van der Waals surface area contributed by atoms with Crippen molar-refractivity contribution in [1.29, 1.82) is 0 Å². The second kappa shape index (κ2) is 6.86. The van der Waals surface area contributed by atoms with E-state index in [1.165, 1.54) is 12.5 Å². The summed E-state index contributed by atoms with van der Waals surface area (Å²) < 4.78 is 0. The molecule has 1 atom stereocenters. The minimum absolute atomic E-state index is 0.351. The lowest BCUT2D eigenvalue weighted by Crippen LogP contribution is -2.32. The van der Waals surface area contributed by atoms with E-state index in [0.29, 0.717) is 0 Å². The van der Waals surface area contributed by atoms with E-state index in [2.05, 4.69) is 24.3 Å². The van der Waals surface area contributed by atoms with Gasteiger partial charge < -0.3 is 0 Å². The van der Waals surface area contributed by atoms with E-state index in [-0.39, 0.29) is 11.9 Å². The molecule has 3 nitrogen and oxygen atoms in total. The van der Waals surface area contributed by atoms with Gasteiger partial charge in [0.25, 0.3) is 0 Å². The molecule has 1 N–H and O–H groups in total. The second-order valence-electron chi connectivity index (χ2n) is 4.95. The molecule has 0 saturated heterocycles. The number of rotatable bonds is 4. The quantitative estimate of drug-likeness (QED) is 0.680. The van der Waals surface area contributed by atoms with Crippen LogP contribution in [0.1, 0.15) is 19.4 Å². The number of nitrogens with zero attached hydrogens (tertiary/aromatic N) is 1. The number of benzene rings is 2. The molecule has 0 aliphatic carbocycles. The summed E-state index contributed by atoms with van der Waals surface area (Å²) in [7, 11) is 0. The molecule has 0 radical (unpaired) electrons. The highest BCUT2D eigenvalue weighted by atomic mass is 16.5. The van der Waals surface area contributed by atoms with Crippen LogP contribution >= 0.6 is 0 Å². The van der Waals surface area contributed by atoms with Gasteiger partial charge in [-0.1, -0.05) is 66.7 Å². The van der Waals surface area contributed by atoms with Crippen LogP contribution in [-0.4, -0.2) is 22.2 Å². The fourth-order valence-corrected chi connectivity index (χ4v) is 2.04. The summed E-state index contributed by atoms with van der Waals surface area (Å²) in [5.74, 6) is -0.369. The third-order valence-electron chi connectivity index (χ3n) is 3.29. The molecule has 3 heteroatoms. The molecule has 108 valence electrons. The van der Waals surface area contributed by atoms with Crippen LogP contribution in [0.5, 0.6) is 0 Å². The predicted molar refractivity (Wildman–Crippen MR) is 84.7 cm³/mol. The Balaban J connectivity index is 2.08. The molecule has 21 heavy (non-hydrogen) atoms. The molecule has 0 bridgehead atoms. The highest BCUT2D eigenvalue weighted by molar-refractivity contribution is 5.72. The van der Waals surface area contributed by atoms with Gasteiger partial charge in [0, 0.05) is 6.92 Å². The van der Waals surface area contributed by atoms with E-state index in [9.17, 15) is 10.0 Å². The Morgan fingerprint density at radius 2 is 1.62 bits per heavy atom. The Morgan fingerprint density at radius 1 is 1.05 bits per heavy atom. The Labute approximate surface area is 125 Å². The molecule has 2 aromatic rings. The molecule has 2 rings (SSSR count). The Hall–Kier alpha value is -2.39. The van der Waals surface area contributed by atoms with E-state index >= 15 is 0 Å². The minimum Gasteiger partial charge on any atom is -0.285 e. The first kappa shape index (κ1) is 15.0. The maximum absolute atomic E-state index is 11.0. The van der Waals surface area contributed by atoms with Gasteiger partial charge in [-0.3, -0.25) is 10.0 Å². The molecule has 1 amide bonds. The van der Waals surface area contributed by atoms with Crippen molar-refractivity contribution in [3.05, 3.63) is 66.2 Å². The predicted octanol–water partition coefficient (Wildman–Crippen LogP) is 3.99. The van der Waals surface area contributed by atoms with Gasteiger partial charge in [-0.2, -0.15) is 0 Å². The number of carbonyl (C=O) groups excluding carboxylic acids is 1. The van der Waals surface area contributed by atoms with E-state index in [0.717, 1.165) is 16.2 Å². The number of carbonyl (C=O) groups is 1. The molecule has 0 heterocycles. The Morgan fingerprint density at radius 3 is 2.19 bits per heavy atom. The summed E-state index contributed by atoms with van der Waals surface area (Å²) in [6.45, 7) is 3.09. The van der Waals surface area contributed by atoms with Crippen molar-refractivity contribution < 1.29 is 10.0 Å². The van der Waals surface area contributed by atoms with Gasteiger partial charge in [-0.05, 0) is 23.6 Å². The maximum atomic E-state index is 11.0. The van der Waals surface area contributed by atoms with Crippen molar-refractivity contribution in [2.75, 3.05) is 0 Å². The van der Waals surface area contributed by atoms with Gasteiger partial charge in [0.15, 0.2) is 0 Å². The number of hydrogen-bond acceptors (Lipinski definition) is 2. The van der Waals surface area contributed by atoms with Gasteiger partial charge >= 0.3 is 0 Å². The van der Waals surface area contributed by atoms with Crippen LogP contribution in [0.2, 0.25) is 0 Å². The normalized spacial score (nSPS) is 12.3. The van der Waals surface area contributed by atoms with Crippen molar-refractivity contribution >= 4 is 12.0 Å². The first-order chi connectivity index (χ1) is 10.1. The van der Waals surface area contributed by atoms with Crippen molar-refractivity contribution in [3.8, 4) is 11.1 Å². The maximum Gasteiger partial charge on any atom is 0.243 e. The summed E-state index contributed by atoms with van der Waals surface area (Å²) in [6, 6.07) is 18.0. The molecule has 0 fully saturated rings. The zero-order valence-electron chi connectivity index (χ0n) is 12.2. The van der Waals surface area contributed by atoms with Crippen LogP contribution in [0.15, 0.2) is 60.7 Å². The summed E-state index contributed by atoms with van der Waals surface area (Å²) in [6.07, 6.45) is 3.69. The van der Waals surface area contributed by atoms with Crippen LogP contribution in [0.25, 0.3) is 17.2 Å². The highest BCUT2D eigenvalue weighted by Gasteiger charge is 2.10. The standard InChI is InChI=1S/C18H19NO2/c1-14(19(21)15(2)20)8-9-16-10-12-18(13-11-16)17-6-4-3-5-7-17/h3-14,21H,1-2H3/b9-8+. The van der Waals surface area contributed by atoms with Crippen LogP contribution in [-0.2, 0) is 4.79 Å². The van der Waals surface area contributed by atoms with E-state index in [1.807, 2.05) is 36.4 Å². The molecule has 0 aromatic heterocycles. The van der Waals surface area contributed by atoms with E-state index in [1.54, 1.807) is 13.0 Å². The van der Waals surface area contributed by atoms with Crippen LogP contribution in [0.4, 0.5) is 0 Å². The van der Waals surface area contributed by atoms with Crippen molar-refractivity contribution in [2.45, 2.75) is 19.9 Å². The van der Waals surface area contributed by atoms with Crippen LogP contribution in [0.3, 0.4) is 0 Å². The third-order valence-corrected chi connectivity index (χ3v) is 3.29. The molecular formula is C18H19NO2. The smallest absolute Gasteiger partial charge is 0.243 e.